The first-order valence-electron chi connectivity index (χ1n) is 1.65. The van der Waals surface area contributed by atoms with Gasteiger partial charge in [-0.15, -0.1) is 0 Å². The second-order valence-electron chi connectivity index (χ2n) is 0.995. The van der Waals surface area contributed by atoms with Gasteiger partial charge in [-0.05, 0) is 22.6 Å². The summed E-state index contributed by atoms with van der Waals surface area (Å²) < 4.78 is 19.2. The van der Waals surface area contributed by atoms with Crippen molar-refractivity contribution in [2.75, 3.05) is 6.61 Å². The minimum atomic E-state index is -1.46. The summed E-state index contributed by atoms with van der Waals surface area (Å²) in [6.07, 6.45) is 0. The van der Waals surface area contributed by atoms with Crippen LogP contribution in [0.2, 0.25) is 0 Å². The maximum atomic E-state index is 10.1. The van der Waals surface area contributed by atoms with Crippen LogP contribution in [0, 0.1) is 0 Å². The highest BCUT2D eigenvalue weighted by atomic mass is 127. The Labute approximate surface area is 57.4 Å². The molecule has 1 fully saturated rings. The summed E-state index contributed by atoms with van der Waals surface area (Å²) in [7, 11) is 0. The minimum Gasteiger partial charge on any atom is -0.265 e. The Bertz CT molecular complexity index is 94.9. The normalized spacial score (nSPS) is 41.9. The lowest BCUT2D eigenvalue weighted by Gasteiger charge is -1.85. The van der Waals surface area contributed by atoms with Crippen molar-refractivity contribution in [1.82, 2.24) is 0 Å². The van der Waals surface area contributed by atoms with E-state index in [1.165, 1.54) is 0 Å². The molecule has 1 aliphatic heterocycles. The molecule has 1 saturated heterocycles. The van der Waals surface area contributed by atoms with E-state index in [9.17, 15) is 4.21 Å². The Morgan fingerprint density at radius 2 is 2.57 bits per heavy atom. The summed E-state index contributed by atoms with van der Waals surface area (Å²) in [6, 6.07) is 0. The highest BCUT2D eigenvalue weighted by molar-refractivity contribution is 14.1. The highest BCUT2D eigenvalue weighted by Crippen LogP contribution is 2.13. The molecule has 1 heterocycles. The zero-order valence-electron chi connectivity index (χ0n) is 3.30. The largest absolute Gasteiger partial charge is 0.305 e. The average molecular weight is 234 g/mol. The van der Waals surface area contributed by atoms with Gasteiger partial charge in [0.05, 0.1) is 0 Å². The fraction of sp³-hybridized carbons (Fsp3) is 1.00. The lowest BCUT2D eigenvalue weighted by atomic mass is 10.8. The molecule has 42 valence electrons. The molecule has 0 aliphatic carbocycles. The van der Waals surface area contributed by atoms with Crippen molar-refractivity contribution in [1.29, 1.82) is 0 Å². The average Bonchev–Trinajstić information content (AvgIpc) is 1.87. The van der Waals surface area contributed by atoms with Crippen molar-refractivity contribution in [3.05, 3.63) is 0 Å². The molecular formula is C2H3IO3S. The second kappa shape index (κ2) is 2.38. The molecular weight excluding hydrogens is 231 g/mol. The molecule has 3 nitrogen and oxygen atoms in total. The Balaban J connectivity index is 2.40. The lowest BCUT2D eigenvalue weighted by molar-refractivity contribution is 0.348. The van der Waals surface area contributed by atoms with Crippen LogP contribution in [0.25, 0.3) is 0 Å². The van der Waals surface area contributed by atoms with Crippen LogP contribution in [0.15, 0.2) is 0 Å². The zero-order chi connectivity index (χ0) is 5.28. The molecule has 0 aromatic rings. The van der Waals surface area contributed by atoms with Gasteiger partial charge in [0, 0.05) is 0 Å². The van der Waals surface area contributed by atoms with E-state index in [0.29, 0.717) is 6.61 Å². The molecule has 0 saturated carbocycles. The van der Waals surface area contributed by atoms with Gasteiger partial charge in [0.2, 0.25) is 0 Å². The fourth-order valence-electron chi connectivity index (χ4n) is 0.250. The van der Waals surface area contributed by atoms with Crippen molar-refractivity contribution < 1.29 is 12.6 Å². The van der Waals surface area contributed by atoms with Crippen LogP contribution in [0.5, 0.6) is 0 Å². The molecule has 0 spiro atoms. The molecule has 2 atom stereocenters. The van der Waals surface area contributed by atoms with Crippen molar-refractivity contribution in [3.63, 3.8) is 0 Å². The molecule has 1 rings (SSSR count). The van der Waals surface area contributed by atoms with Gasteiger partial charge in [-0.1, -0.05) is 0 Å². The Morgan fingerprint density at radius 1 is 1.86 bits per heavy atom. The third-order valence-corrected chi connectivity index (χ3v) is 2.16. The van der Waals surface area contributed by atoms with E-state index < -0.39 is 11.4 Å². The molecule has 0 radical (unpaired) electrons. The van der Waals surface area contributed by atoms with Gasteiger partial charge in [0.1, 0.15) is 6.61 Å². The lowest BCUT2D eigenvalue weighted by Crippen LogP contribution is -1.94. The quantitative estimate of drug-likeness (QED) is 0.448. The van der Waals surface area contributed by atoms with Crippen molar-refractivity contribution in [2.24, 2.45) is 0 Å². The van der Waals surface area contributed by atoms with E-state index in [0.717, 1.165) is 0 Å². The van der Waals surface area contributed by atoms with Crippen LogP contribution in [-0.4, -0.2) is 14.9 Å². The number of halogens is 1. The maximum absolute atomic E-state index is 10.1. The molecule has 1 aliphatic rings. The molecule has 2 unspecified atom stereocenters. The third kappa shape index (κ3) is 1.63. The first-order valence-corrected chi connectivity index (χ1v) is 3.90. The topological polar surface area (TPSA) is 35.5 Å². The van der Waals surface area contributed by atoms with Gasteiger partial charge in [0.15, 0.2) is 4.11 Å². The van der Waals surface area contributed by atoms with Crippen LogP contribution in [0.1, 0.15) is 0 Å². The highest BCUT2D eigenvalue weighted by Gasteiger charge is 2.19. The van der Waals surface area contributed by atoms with Gasteiger partial charge in [-0.25, -0.2) is 0 Å². The van der Waals surface area contributed by atoms with E-state index in [1.54, 1.807) is 0 Å². The standard InChI is InChI=1S/C2H3IO3S/c3-2-1-5-7(4)6-2/h2H,1H2. The predicted molar refractivity (Wildman–Crippen MR) is 33.0 cm³/mol. The summed E-state index contributed by atoms with van der Waals surface area (Å²) in [5.74, 6) is 0. The summed E-state index contributed by atoms with van der Waals surface area (Å²) in [6.45, 7) is 0.438. The summed E-state index contributed by atoms with van der Waals surface area (Å²) in [5, 5.41) is 0. The summed E-state index contributed by atoms with van der Waals surface area (Å²) >= 11 is 0.546. The van der Waals surface area contributed by atoms with Crippen LogP contribution in [0.3, 0.4) is 0 Å². The van der Waals surface area contributed by atoms with E-state index in [-0.39, 0.29) is 4.11 Å². The first kappa shape index (κ1) is 5.93. The van der Waals surface area contributed by atoms with Gasteiger partial charge in [-0.2, -0.15) is 4.21 Å². The Hall–Kier alpha value is 0.800. The Kier molecular flexibility index (Phi) is 2.02. The molecule has 0 aromatic heterocycles. The number of rotatable bonds is 0. The predicted octanol–water partition coefficient (Wildman–Crippen LogP) is 0.373. The zero-order valence-corrected chi connectivity index (χ0v) is 6.27. The van der Waals surface area contributed by atoms with Crippen LogP contribution in [-0.2, 0) is 19.7 Å². The van der Waals surface area contributed by atoms with Crippen molar-refractivity contribution in [2.45, 2.75) is 4.11 Å². The second-order valence-corrected chi connectivity index (χ2v) is 3.22. The molecule has 0 amide bonds. The molecule has 0 aromatic carbocycles. The SMILES string of the molecule is O=S1OCC(I)O1. The molecule has 0 bridgehead atoms. The maximum Gasteiger partial charge on any atom is 0.305 e. The van der Waals surface area contributed by atoms with Gasteiger partial charge >= 0.3 is 11.4 Å². The van der Waals surface area contributed by atoms with Crippen LogP contribution in [0.4, 0.5) is 0 Å². The number of hydrogen-bond donors (Lipinski definition) is 0. The van der Waals surface area contributed by atoms with E-state index in [4.69, 9.17) is 0 Å². The monoisotopic (exact) mass is 234 g/mol. The first-order chi connectivity index (χ1) is 3.29. The smallest absolute Gasteiger partial charge is 0.265 e. The summed E-state index contributed by atoms with van der Waals surface area (Å²) in [5.41, 5.74) is 0. The fourth-order valence-corrected chi connectivity index (χ4v) is 1.70. The van der Waals surface area contributed by atoms with Crippen molar-refractivity contribution in [3.8, 4) is 0 Å². The third-order valence-electron chi connectivity index (χ3n) is 0.478. The minimum absolute atomic E-state index is 0.0292. The Morgan fingerprint density at radius 3 is 2.71 bits per heavy atom. The number of alkyl halides is 1. The van der Waals surface area contributed by atoms with Crippen LogP contribution < -0.4 is 0 Å². The van der Waals surface area contributed by atoms with Gasteiger partial charge in [0.25, 0.3) is 0 Å². The van der Waals surface area contributed by atoms with Gasteiger partial charge < -0.3 is 0 Å². The van der Waals surface area contributed by atoms with Crippen molar-refractivity contribution >= 4 is 34.0 Å². The number of hydrogen-bond acceptors (Lipinski definition) is 3. The van der Waals surface area contributed by atoms with Gasteiger partial charge in [-0.3, -0.25) is 8.37 Å². The van der Waals surface area contributed by atoms with E-state index >= 15 is 0 Å². The molecule has 0 N–H and O–H groups in total. The molecule has 7 heavy (non-hydrogen) atoms. The molecule has 5 heteroatoms. The van der Waals surface area contributed by atoms with E-state index in [1.807, 2.05) is 22.6 Å². The van der Waals surface area contributed by atoms with Crippen LogP contribution >= 0.6 is 22.6 Å². The summed E-state index contributed by atoms with van der Waals surface area (Å²) in [4.78, 5) is 0. The van der Waals surface area contributed by atoms with E-state index in [2.05, 4.69) is 8.37 Å².